The van der Waals surface area contributed by atoms with Crippen LogP contribution in [0.25, 0.3) is 0 Å². The van der Waals surface area contributed by atoms with E-state index in [2.05, 4.69) is 10.0 Å². The molecule has 0 amide bonds. The largest absolute Gasteiger partial charge is 0.388 e. The predicted octanol–water partition coefficient (Wildman–Crippen LogP) is 2.25. The number of hydrogen-bond acceptors (Lipinski definition) is 5. The topological polar surface area (TPSA) is 101 Å². The summed E-state index contributed by atoms with van der Waals surface area (Å²) in [5.41, 5.74) is -0.352. The molecule has 0 aliphatic heterocycles. The van der Waals surface area contributed by atoms with Gasteiger partial charge in [0, 0.05) is 24.3 Å². The lowest BCUT2D eigenvalue weighted by atomic mass is 9.76. The minimum absolute atomic E-state index is 0.293. The van der Waals surface area contributed by atoms with Crippen LogP contribution in [0.4, 0.5) is 11.4 Å². The van der Waals surface area contributed by atoms with E-state index in [0.29, 0.717) is 12.1 Å². The highest BCUT2D eigenvalue weighted by atomic mass is 32.2. The number of nitro benzene ring substituents is 1. The third-order valence-electron chi connectivity index (χ3n) is 4.07. The van der Waals surface area contributed by atoms with Crippen LogP contribution in [-0.4, -0.2) is 25.9 Å². The molecule has 1 aliphatic rings. The van der Waals surface area contributed by atoms with Crippen molar-refractivity contribution >= 4 is 21.4 Å². The summed E-state index contributed by atoms with van der Waals surface area (Å²) in [6.07, 6.45) is 3.17. The van der Waals surface area contributed by atoms with E-state index in [4.69, 9.17) is 0 Å². The standard InChI is InChI=1S/C13H19N3O4S/c1-3-13(7-4-8-13)15-21(19,20)12-9-10(14-2)5-6-11(12)16(17)18/h5-6,9,14-15H,3-4,7-8H2,1-2H3. The van der Waals surface area contributed by atoms with Crippen molar-refractivity contribution in [3.05, 3.63) is 28.3 Å². The van der Waals surface area contributed by atoms with E-state index < -0.39 is 26.2 Å². The van der Waals surface area contributed by atoms with Crippen molar-refractivity contribution < 1.29 is 13.3 Å². The fourth-order valence-electron chi connectivity index (χ4n) is 2.51. The molecule has 0 heterocycles. The second-order valence-electron chi connectivity index (χ2n) is 5.28. The molecule has 116 valence electrons. The number of nitrogens with one attached hydrogen (secondary N) is 2. The fourth-order valence-corrected chi connectivity index (χ4v) is 4.24. The molecule has 1 fully saturated rings. The monoisotopic (exact) mass is 313 g/mol. The first kappa shape index (κ1) is 15.7. The van der Waals surface area contributed by atoms with Crippen molar-refractivity contribution in [3.8, 4) is 0 Å². The summed E-state index contributed by atoms with van der Waals surface area (Å²) in [4.78, 5) is 10.1. The molecule has 21 heavy (non-hydrogen) atoms. The summed E-state index contributed by atoms with van der Waals surface area (Å²) >= 11 is 0. The second-order valence-corrected chi connectivity index (χ2v) is 6.93. The number of nitrogens with zero attached hydrogens (tertiary/aromatic N) is 1. The summed E-state index contributed by atoms with van der Waals surface area (Å²) in [6, 6.07) is 3.98. The van der Waals surface area contributed by atoms with E-state index in [0.717, 1.165) is 19.3 Å². The Morgan fingerprint density at radius 2 is 2.05 bits per heavy atom. The molecule has 0 bridgehead atoms. The molecule has 2 rings (SSSR count). The van der Waals surface area contributed by atoms with Gasteiger partial charge in [-0.25, -0.2) is 13.1 Å². The Balaban J connectivity index is 2.45. The van der Waals surface area contributed by atoms with Gasteiger partial charge in [0.15, 0.2) is 4.90 Å². The van der Waals surface area contributed by atoms with Crippen molar-refractivity contribution in [2.45, 2.75) is 43.0 Å². The van der Waals surface area contributed by atoms with Crippen LogP contribution in [0.1, 0.15) is 32.6 Å². The molecule has 0 radical (unpaired) electrons. The van der Waals surface area contributed by atoms with E-state index in [-0.39, 0.29) is 4.90 Å². The molecule has 1 aromatic rings. The van der Waals surface area contributed by atoms with Gasteiger partial charge < -0.3 is 5.32 Å². The third-order valence-corrected chi connectivity index (χ3v) is 5.68. The lowest BCUT2D eigenvalue weighted by molar-refractivity contribution is -0.387. The van der Waals surface area contributed by atoms with E-state index in [1.165, 1.54) is 18.2 Å². The Morgan fingerprint density at radius 1 is 1.38 bits per heavy atom. The van der Waals surface area contributed by atoms with Gasteiger partial charge in [0.05, 0.1) is 4.92 Å². The normalized spacial score (nSPS) is 17.0. The van der Waals surface area contributed by atoms with Gasteiger partial charge in [0.1, 0.15) is 0 Å². The van der Waals surface area contributed by atoms with Gasteiger partial charge in [-0.2, -0.15) is 0 Å². The third kappa shape index (κ3) is 3.01. The van der Waals surface area contributed by atoms with Gasteiger partial charge >= 0.3 is 0 Å². The molecule has 0 spiro atoms. The average molecular weight is 313 g/mol. The van der Waals surface area contributed by atoms with Gasteiger partial charge in [-0.3, -0.25) is 10.1 Å². The van der Waals surface area contributed by atoms with Crippen LogP contribution >= 0.6 is 0 Å². The quantitative estimate of drug-likeness (QED) is 0.619. The first-order valence-corrected chi connectivity index (χ1v) is 8.32. The first-order valence-electron chi connectivity index (χ1n) is 6.84. The summed E-state index contributed by atoms with van der Waals surface area (Å²) in [5.74, 6) is 0. The number of sulfonamides is 1. The molecule has 0 aromatic heterocycles. The maximum atomic E-state index is 12.5. The predicted molar refractivity (Wildman–Crippen MR) is 79.8 cm³/mol. The van der Waals surface area contributed by atoms with Crippen LogP contribution in [-0.2, 0) is 10.0 Å². The number of benzene rings is 1. The SMILES string of the molecule is CCC1(NS(=O)(=O)c2cc(NC)ccc2[N+](=O)[O-])CCC1. The van der Waals surface area contributed by atoms with Crippen molar-refractivity contribution in [2.75, 3.05) is 12.4 Å². The molecular formula is C13H19N3O4S. The fraction of sp³-hybridized carbons (Fsp3) is 0.538. The molecule has 1 aliphatic carbocycles. The van der Waals surface area contributed by atoms with Crippen molar-refractivity contribution in [1.82, 2.24) is 4.72 Å². The minimum Gasteiger partial charge on any atom is -0.388 e. The average Bonchev–Trinajstić information content (AvgIpc) is 2.42. The zero-order valence-electron chi connectivity index (χ0n) is 12.0. The summed E-state index contributed by atoms with van der Waals surface area (Å²) < 4.78 is 27.8. The second kappa shape index (κ2) is 5.61. The van der Waals surface area contributed by atoms with Crippen LogP contribution in [0.3, 0.4) is 0 Å². The molecule has 1 saturated carbocycles. The van der Waals surface area contributed by atoms with E-state index in [9.17, 15) is 18.5 Å². The number of rotatable bonds is 6. The zero-order valence-corrected chi connectivity index (χ0v) is 12.9. The summed E-state index contributed by atoms with van der Waals surface area (Å²) in [7, 11) is -2.30. The van der Waals surface area contributed by atoms with Crippen molar-refractivity contribution in [3.63, 3.8) is 0 Å². The van der Waals surface area contributed by atoms with Gasteiger partial charge in [-0.15, -0.1) is 0 Å². The molecule has 7 nitrogen and oxygen atoms in total. The van der Waals surface area contributed by atoms with Gasteiger partial charge in [-0.1, -0.05) is 6.92 Å². The Labute approximate surface area is 123 Å². The molecule has 2 N–H and O–H groups in total. The number of nitro groups is 1. The van der Waals surface area contributed by atoms with Crippen LogP contribution in [0.2, 0.25) is 0 Å². The Morgan fingerprint density at radius 3 is 2.48 bits per heavy atom. The number of hydrogen-bond donors (Lipinski definition) is 2. The highest BCUT2D eigenvalue weighted by Gasteiger charge is 2.40. The Hall–Kier alpha value is -1.67. The van der Waals surface area contributed by atoms with Crippen molar-refractivity contribution in [2.24, 2.45) is 0 Å². The van der Waals surface area contributed by atoms with Crippen molar-refractivity contribution in [1.29, 1.82) is 0 Å². The van der Waals surface area contributed by atoms with Gasteiger partial charge in [-0.05, 0) is 37.8 Å². The lowest BCUT2D eigenvalue weighted by Crippen LogP contribution is -2.52. The molecular weight excluding hydrogens is 294 g/mol. The first-order chi connectivity index (χ1) is 9.83. The summed E-state index contributed by atoms with van der Waals surface area (Å²) in [5, 5.41) is 13.9. The lowest BCUT2D eigenvalue weighted by Gasteiger charge is -2.41. The van der Waals surface area contributed by atoms with E-state index >= 15 is 0 Å². The number of anilines is 1. The smallest absolute Gasteiger partial charge is 0.289 e. The highest BCUT2D eigenvalue weighted by molar-refractivity contribution is 7.89. The summed E-state index contributed by atoms with van der Waals surface area (Å²) in [6.45, 7) is 1.92. The molecule has 0 saturated heterocycles. The van der Waals surface area contributed by atoms with Crippen LogP contribution in [0.5, 0.6) is 0 Å². The molecule has 0 unspecified atom stereocenters. The Bertz CT molecular complexity index is 648. The maximum absolute atomic E-state index is 12.5. The van der Waals surface area contributed by atoms with Crippen LogP contribution in [0.15, 0.2) is 23.1 Å². The van der Waals surface area contributed by atoms with Gasteiger partial charge in [0.2, 0.25) is 10.0 Å². The zero-order chi connectivity index (χ0) is 15.7. The van der Waals surface area contributed by atoms with Gasteiger partial charge in [0.25, 0.3) is 5.69 Å². The van der Waals surface area contributed by atoms with Crippen LogP contribution in [0, 0.1) is 10.1 Å². The van der Waals surface area contributed by atoms with E-state index in [1.54, 1.807) is 7.05 Å². The highest BCUT2D eigenvalue weighted by Crippen LogP contribution is 2.37. The molecule has 0 atom stereocenters. The maximum Gasteiger partial charge on any atom is 0.289 e. The molecule has 1 aromatic carbocycles. The van der Waals surface area contributed by atoms with E-state index in [1.807, 2.05) is 6.92 Å². The minimum atomic E-state index is -3.93. The van der Waals surface area contributed by atoms with Crippen LogP contribution < -0.4 is 10.0 Å². The molecule has 8 heteroatoms. The Kier molecular flexibility index (Phi) is 4.20.